The molecule has 3 fully saturated rings. The van der Waals surface area contributed by atoms with Crippen molar-refractivity contribution in [2.45, 2.75) is 37.0 Å². The lowest BCUT2D eigenvalue weighted by molar-refractivity contribution is -0.134. The van der Waals surface area contributed by atoms with Crippen molar-refractivity contribution in [2.24, 2.45) is 5.92 Å². The summed E-state index contributed by atoms with van der Waals surface area (Å²) < 4.78 is 75.0. The zero-order valence-corrected chi connectivity index (χ0v) is 21.7. The van der Waals surface area contributed by atoms with Gasteiger partial charge in [0.15, 0.2) is 5.82 Å². The topological polar surface area (TPSA) is 131 Å². The number of nitrogens with zero attached hydrogens (tertiary/aromatic N) is 6. The summed E-state index contributed by atoms with van der Waals surface area (Å²) in [6.45, 7) is -1.30. The summed E-state index contributed by atoms with van der Waals surface area (Å²) in [7, 11) is 1.30. The van der Waals surface area contributed by atoms with Crippen molar-refractivity contribution in [1.29, 1.82) is 0 Å². The summed E-state index contributed by atoms with van der Waals surface area (Å²) in [6.07, 6.45) is 0.414. The Morgan fingerprint density at radius 2 is 1.90 bits per heavy atom. The zero-order chi connectivity index (χ0) is 29.3. The van der Waals surface area contributed by atoms with E-state index in [9.17, 15) is 31.5 Å². The lowest BCUT2D eigenvalue weighted by Gasteiger charge is -2.38. The molecule has 0 radical (unpaired) electrons. The number of ether oxygens (including phenoxy) is 1. The molecule has 3 N–H and O–H groups in total. The summed E-state index contributed by atoms with van der Waals surface area (Å²) in [4.78, 5) is 36.3. The Balaban J connectivity index is 1.26. The van der Waals surface area contributed by atoms with Crippen LogP contribution in [-0.2, 0) is 11.3 Å². The predicted molar refractivity (Wildman–Crippen MR) is 133 cm³/mol. The number of alkyl halides is 5. The van der Waals surface area contributed by atoms with Crippen molar-refractivity contribution < 1.29 is 36.3 Å². The second-order valence-corrected chi connectivity index (χ2v) is 10.6. The SMILES string of the molecule is COc1ncc(-c2cc(CN3CC(F)(F)C3)c3c(N)ncnn23)cc1C(=O)N[C@@H]1CN(C(=O)[C@H]2CC2(F)F)C[C@@H]1F. The van der Waals surface area contributed by atoms with Gasteiger partial charge in [0.1, 0.15) is 29.5 Å². The van der Waals surface area contributed by atoms with E-state index in [-0.39, 0.29) is 30.4 Å². The van der Waals surface area contributed by atoms with E-state index in [0.717, 1.165) is 4.90 Å². The number of nitrogens with one attached hydrogen (secondary N) is 1. The number of amides is 2. The molecule has 16 heteroatoms. The van der Waals surface area contributed by atoms with Crippen LogP contribution in [0.4, 0.5) is 27.8 Å². The van der Waals surface area contributed by atoms with Gasteiger partial charge in [-0.3, -0.25) is 14.5 Å². The number of nitrogen functional groups attached to an aromatic ring is 1. The molecule has 5 heterocycles. The number of fused-ring (bicyclic) bond motifs is 1. The maximum absolute atomic E-state index is 14.8. The molecule has 3 aliphatic rings. The Labute approximate surface area is 229 Å². The number of carbonyl (C=O) groups excluding carboxylic acids is 2. The summed E-state index contributed by atoms with van der Waals surface area (Å²) in [5, 5.41) is 6.76. The minimum absolute atomic E-state index is 0.0587. The predicted octanol–water partition coefficient (Wildman–Crippen LogP) is 1.77. The molecule has 0 aromatic carbocycles. The van der Waals surface area contributed by atoms with Gasteiger partial charge < -0.3 is 20.7 Å². The summed E-state index contributed by atoms with van der Waals surface area (Å²) in [5.74, 6) is -8.82. The van der Waals surface area contributed by atoms with Crippen LogP contribution in [0.25, 0.3) is 16.8 Å². The van der Waals surface area contributed by atoms with Crippen molar-refractivity contribution >= 4 is 23.1 Å². The summed E-state index contributed by atoms with van der Waals surface area (Å²) in [6, 6.07) is 2.00. The van der Waals surface area contributed by atoms with Crippen LogP contribution in [0.1, 0.15) is 22.3 Å². The van der Waals surface area contributed by atoms with Crippen molar-refractivity contribution in [3.05, 3.63) is 35.8 Å². The van der Waals surface area contributed by atoms with Gasteiger partial charge in [-0.2, -0.15) is 5.10 Å². The van der Waals surface area contributed by atoms with Gasteiger partial charge in [-0.05, 0) is 17.7 Å². The Morgan fingerprint density at radius 1 is 1.17 bits per heavy atom. The third-order valence-corrected chi connectivity index (χ3v) is 7.55. The molecule has 6 rings (SSSR count). The van der Waals surface area contributed by atoms with Crippen LogP contribution < -0.4 is 15.8 Å². The fourth-order valence-corrected chi connectivity index (χ4v) is 5.38. The number of hydrogen-bond acceptors (Lipinski definition) is 8. The first-order chi connectivity index (χ1) is 19.4. The molecule has 218 valence electrons. The fraction of sp³-hybridized carbons (Fsp3) is 0.480. The molecular formula is C25H25F5N8O3. The molecule has 3 aromatic rings. The zero-order valence-electron chi connectivity index (χ0n) is 21.7. The highest BCUT2D eigenvalue weighted by Crippen LogP contribution is 2.49. The first-order valence-corrected chi connectivity index (χ1v) is 12.7. The molecule has 1 saturated carbocycles. The third-order valence-electron chi connectivity index (χ3n) is 7.55. The summed E-state index contributed by atoms with van der Waals surface area (Å²) >= 11 is 0. The molecule has 2 saturated heterocycles. The maximum atomic E-state index is 14.8. The van der Waals surface area contributed by atoms with Gasteiger partial charge in [0.2, 0.25) is 11.8 Å². The van der Waals surface area contributed by atoms with Gasteiger partial charge >= 0.3 is 0 Å². The molecule has 0 unspecified atom stereocenters. The molecule has 3 atom stereocenters. The van der Waals surface area contributed by atoms with Crippen molar-refractivity contribution in [3.8, 4) is 17.1 Å². The third kappa shape index (κ3) is 4.89. The number of anilines is 1. The quantitative estimate of drug-likeness (QED) is 0.405. The Bertz CT molecular complexity index is 1540. The van der Waals surface area contributed by atoms with E-state index in [1.54, 1.807) is 11.0 Å². The van der Waals surface area contributed by atoms with Crippen LogP contribution in [0, 0.1) is 5.92 Å². The van der Waals surface area contributed by atoms with Crippen molar-refractivity contribution in [3.63, 3.8) is 0 Å². The van der Waals surface area contributed by atoms with Crippen LogP contribution in [0.5, 0.6) is 5.88 Å². The number of halogens is 5. The lowest BCUT2D eigenvalue weighted by atomic mass is 10.1. The number of rotatable bonds is 7. The van der Waals surface area contributed by atoms with Gasteiger partial charge in [-0.15, -0.1) is 0 Å². The molecule has 41 heavy (non-hydrogen) atoms. The molecule has 11 nitrogen and oxygen atoms in total. The molecule has 3 aromatic heterocycles. The lowest BCUT2D eigenvalue weighted by Crippen LogP contribution is -2.55. The van der Waals surface area contributed by atoms with E-state index in [4.69, 9.17) is 10.5 Å². The van der Waals surface area contributed by atoms with Crippen molar-refractivity contribution in [2.75, 3.05) is 39.0 Å². The highest BCUT2D eigenvalue weighted by Gasteiger charge is 2.63. The van der Waals surface area contributed by atoms with E-state index in [0.29, 0.717) is 22.3 Å². The monoisotopic (exact) mass is 580 g/mol. The smallest absolute Gasteiger partial charge is 0.272 e. The fourth-order valence-electron chi connectivity index (χ4n) is 5.38. The number of hydrogen-bond donors (Lipinski definition) is 2. The molecule has 1 aliphatic carbocycles. The maximum Gasteiger partial charge on any atom is 0.272 e. The van der Waals surface area contributed by atoms with Crippen LogP contribution in [0.15, 0.2) is 24.7 Å². The normalized spacial score (nSPS) is 24.7. The second-order valence-electron chi connectivity index (χ2n) is 10.6. The second kappa shape index (κ2) is 9.49. The van der Waals surface area contributed by atoms with E-state index in [2.05, 4.69) is 20.4 Å². The van der Waals surface area contributed by atoms with E-state index >= 15 is 0 Å². The number of likely N-dealkylation sites (tertiary alicyclic amines) is 2. The van der Waals surface area contributed by atoms with Crippen molar-refractivity contribution in [1.82, 2.24) is 34.7 Å². The van der Waals surface area contributed by atoms with Gasteiger partial charge in [0, 0.05) is 31.3 Å². The molecular weight excluding hydrogens is 555 g/mol. The number of aromatic nitrogens is 4. The molecule has 0 spiro atoms. The van der Waals surface area contributed by atoms with Gasteiger partial charge in [0.25, 0.3) is 17.8 Å². The standard InChI is InChI=1S/C25H25F5N8O3/c1-41-22-14(21(39)35-17-8-37(7-16(17)26)23(40)15-4-25(15,29)30)2-12(5-32-22)18-3-13(6-36-9-24(27,28)10-36)19-20(31)33-11-34-38(18)19/h2-3,5,11,15-17H,4,6-10H2,1H3,(H,35,39)(H2,31,33,34)/t15-,16+,17-/m1/s1. The highest BCUT2D eigenvalue weighted by molar-refractivity contribution is 5.98. The van der Waals surface area contributed by atoms with E-state index in [1.807, 2.05) is 0 Å². The van der Waals surface area contributed by atoms with Gasteiger partial charge in [-0.25, -0.2) is 36.4 Å². The van der Waals surface area contributed by atoms with Crippen LogP contribution >= 0.6 is 0 Å². The minimum Gasteiger partial charge on any atom is -0.480 e. The minimum atomic E-state index is -3.08. The molecule has 0 bridgehead atoms. The number of pyridine rings is 1. The molecule has 2 aliphatic heterocycles. The van der Waals surface area contributed by atoms with Crippen LogP contribution in [0.2, 0.25) is 0 Å². The first-order valence-electron chi connectivity index (χ1n) is 12.7. The van der Waals surface area contributed by atoms with Crippen LogP contribution in [-0.4, -0.2) is 98.5 Å². The highest BCUT2D eigenvalue weighted by atomic mass is 19.3. The molecule has 2 amide bonds. The Hall–Kier alpha value is -4.08. The summed E-state index contributed by atoms with van der Waals surface area (Å²) in [5.41, 5.74) is 7.86. The Morgan fingerprint density at radius 3 is 2.56 bits per heavy atom. The average molecular weight is 581 g/mol. The Kier molecular flexibility index (Phi) is 6.28. The van der Waals surface area contributed by atoms with Crippen LogP contribution in [0.3, 0.4) is 0 Å². The van der Waals surface area contributed by atoms with E-state index in [1.165, 1.54) is 30.2 Å². The van der Waals surface area contributed by atoms with Gasteiger partial charge in [-0.1, -0.05) is 0 Å². The van der Waals surface area contributed by atoms with E-state index < -0.39 is 67.8 Å². The number of nitrogens with two attached hydrogens (primary N) is 1. The average Bonchev–Trinajstić information content (AvgIpc) is 3.19. The first kappa shape index (κ1) is 27.1. The largest absolute Gasteiger partial charge is 0.480 e. The number of methoxy groups -OCH3 is 1. The van der Waals surface area contributed by atoms with Gasteiger partial charge in [0.05, 0.1) is 38.5 Å². The number of carbonyl (C=O) groups is 2.